The van der Waals surface area contributed by atoms with Gasteiger partial charge in [-0.3, -0.25) is 9.48 Å². The minimum absolute atomic E-state index is 0.0681. The fourth-order valence-electron chi connectivity index (χ4n) is 2.86. The molecule has 0 saturated carbocycles. The fraction of sp³-hybridized carbons (Fsp3) is 0.667. The number of hydrogen-bond donors (Lipinski definition) is 1. The Morgan fingerprint density at radius 3 is 2.52 bits per heavy atom. The summed E-state index contributed by atoms with van der Waals surface area (Å²) in [4.78, 5) is 12.3. The molecule has 0 saturated heterocycles. The first-order valence-electron chi connectivity index (χ1n) is 9.12. The van der Waals surface area contributed by atoms with E-state index in [4.69, 9.17) is 0 Å². The van der Waals surface area contributed by atoms with Gasteiger partial charge in [-0.15, -0.1) is 10.2 Å². The van der Waals surface area contributed by atoms with Gasteiger partial charge in [0.15, 0.2) is 0 Å². The molecule has 2 aromatic heterocycles. The molecule has 2 heterocycles. The smallest absolute Gasteiger partial charge is 0.230 e. The Hall–Kier alpha value is -1.76. The summed E-state index contributed by atoms with van der Waals surface area (Å²) >= 11 is 1.48. The number of anilines is 1. The molecule has 0 aliphatic heterocycles. The molecule has 0 aliphatic carbocycles. The van der Waals surface area contributed by atoms with E-state index in [0.717, 1.165) is 34.8 Å². The highest BCUT2D eigenvalue weighted by Gasteiger charge is 2.15. The molecule has 0 bridgehead atoms. The lowest BCUT2D eigenvalue weighted by molar-refractivity contribution is -0.115. The molecule has 0 radical (unpaired) electrons. The Morgan fingerprint density at radius 2 is 1.84 bits per heavy atom. The van der Waals surface area contributed by atoms with E-state index < -0.39 is 0 Å². The highest BCUT2D eigenvalue weighted by atomic mass is 32.1. The molecule has 2 aromatic rings. The van der Waals surface area contributed by atoms with Crippen LogP contribution < -0.4 is 5.32 Å². The van der Waals surface area contributed by atoms with Crippen molar-refractivity contribution in [1.82, 2.24) is 20.0 Å². The van der Waals surface area contributed by atoms with Crippen LogP contribution in [0.1, 0.15) is 67.4 Å². The lowest BCUT2D eigenvalue weighted by Gasteiger charge is -2.02. The number of hydrogen-bond acceptors (Lipinski definition) is 5. The van der Waals surface area contributed by atoms with Crippen molar-refractivity contribution in [2.24, 2.45) is 7.05 Å². The highest BCUT2D eigenvalue weighted by molar-refractivity contribution is 7.15. The van der Waals surface area contributed by atoms with Crippen LogP contribution in [-0.2, 0) is 24.7 Å². The molecule has 0 atom stereocenters. The number of unbranched alkanes of at least 4 members (excludes halogenated alkanes) is 5. The minimum Gasteiger partial charge on any atom is -0.300 e. The molecule has 1 N–H and O–H groups in total. The van der Waals surface area contributed by atoms with Crippen LogP contribution in [0.5, 0.6) is 0 Å². The number of carbonyl (C=O) groups excluding carboxylic acids is 1. The van der Waals surface area contributed by atoms with Crippen LogP contribution in [0, 0.1) is 13.8 Å². The van der Waals surface area contributed by atoms with Crippen LogP contribution in [0.25, 0.3) is 0 Å². The monoisotopic (exact) mass is 363 g/mol. The summed E-state index contributed by atoms with van der Waals surface area (Å²) in [5, 5.41) is 17.1. The van der Waals surface area contributed by atoms with Crippen molar-refractivity contribution in [2.45, 2.75) is 72.1 Å². The summed E-state index contributed by atoms with van der Waals surface area (Å²) < 4.78 is 1.81. The topological polar surface area (TPSA) is 72.7 Å². The maximum atomic E-state index is 12.3. The van der Waals surface area contributed by atoms with Crippen LogP contribution in [-0.4, -0.2) is 25.9 Å². The maximum absolute atomic E-state index is 12.3. The molecule has 7 heteroatoms. The van der Waals surface area contributed by atoms with Crippen LogP contribution >= 0.6 is 11.3 Å². The third-order valence-electron chi connectivity index (χ3n) is 4.45. The predicted molar refractivity (Wildman–Crippen MR) is 102 cm³/mol. The zero-order chi connectivity index (χ0) is 18.2. The second-order valence-electron chi connectivity index (χ2n) is 6.52. The third kappa shape index (κ3) is 5.92. The first-order valence-corrected chi connectivity index (χ1v) is 9.94. The zero-order valence-corrected chi connectivity index (χ0v) is 16.6. The van der Waals surface area contributed by atoms with Crippen molar-refractivity contribution in [1.29, 1.82) is 0 Å². The molecule has 6 nitrogen and oxygen atoms in total. The average molecular weight is 364 g/mol. The molecule has 25 heavy (non-hydrogen) atoms. The molecule has 0 spiro atoms. The largest absolute Gasteiger partial charge is 0.300 e. The predicted octanol–water partition coefficient (Wildman–Crippen LogP) is 3.97. The van der Waals surface area contributed by atoms with E-state index in [-0.39, 0.29) is 5.91 Å². The number of carbonyl (C=O) groups is 1. The summed E-state index contributed by atoms with van der Waals surface area (Å²) in [5.74, 6) is -0.0681. The summed E-state index contributed by atoms with van der Waals surface area (Å²) in [5.41, 5.74) is 2.90. The second-order valence-corrected chi connectivity index (χ2v) is 7.58. The lowest BCUT2D eigenvalue weighted by atomic mass is 10.1. The van der Waals surface area contributed by atoms with E-state index >= 15 is 0 Å². The summed E-state index contributed by atoms with van der Waals surface area (Å²) in [6.07, 6.45) is 8.85. The average Bonchev–Trinajstić information content (AvgIpc) is 3.10. The third-order valence-corrected chi connectivity index (χ3v) is 5.35. The van der Waals surface area contributed by atoms with E-state index in [1.165, 1.54) is 43.4 Å². The van der Waals surface area contributed by atoms with Crippen LogP contribution in [0.4, 0.5) is 5.13 Å². The zero-order valence-electron chi connectivity index (χ0n) is 15.8. The van der Waals surface area contributed by atoms with Gasteiger partial charge in [0.2, 0.25) is 11.0 Å². The normalized spacial score (nSPS) is 11.0. The highest BCUT2D eigenvalue weighted by Crippen LogP contribution is 2.19. The molecule has 0 aromatic carbocycles. The van der Waals surface area contributed by atoms with Crippen molar-refractivity contribution in [3.63, 3.8) is 0 Å². The Kier molecular flexibility index (Phi) is 7.55. The van der Waals surface area contributed by atoms with E-state index in [9.17, 15) is 4.79 Å². The Morgan fingerprint density at radius 1 is 1.12 bits per heavy atom. The summed E-state index contributed by atoms with van der Waals surface area (Å²) in [7, 11) is 1.89. The van der Waals surface area contributed by atoms with Crippen LogP contribution in [0.15, 0.2) is 0 Å². The van der Waals surface area contributed by atoms with E-state index in [0.29, 0.717) is 11.6 Å². The van der Waals surface area contributed by atoms with Gasteiger partial charge in [0, 0.05) is 24.7 Å². The quantitative estimate of drug-likeness (QED) is 0.648. The van der Waals surface area contributed by atoms with Gasteiger partial charge in [0.25, 0.3) is 0 Å². The standard InChI is InChI=1S/C18H29N5OS/c1-5-6-7-8-9-10-11-17-20-21-18(25-17)19-16(24)12-15-13(2)22-23(4)14(15)3/h5-12H2,1-4H3,(H,19,21,24). The first-order chi connectivity index (χ1) is 12.0. The van der Waals surface area contributed by atoms with Gasteiger partial charge in [-0.05, 0) is 20.3 Å². The Bertz CT molecular complexity index is 692. The molecular formula is C18H29N5OS. The second kappa shape index (κ2) is 9.65. The SMILES string of the molecule is CCCCCCCCc1nnc(NC(=O)Cc2c(C)nn(C)c2C)s1. The Labute approximate surface area is 154 Å². The van der Waals surface area contributed by atoms with Gasteiger partial charge in [-0.2, -0.15) is 5.10 Å². The summed E-state index contributed by atoms with van der Waals surface area (Å²) in [6, 6.07) is 0. The minimum atomic E-state index is -0.0681. The molecule has 2 rings (SSSR count). The molecule has 0 fully saturated rings. The fourth-order valence-corrected chi connectivity index (χ4v) is 3.66. The molecular weight excluding hydrogens is 334 g/mol. The molecule has 0 aliphatic rings. The van der Waals surface area contributed by atoms with E-state index in [1.807, 2.05) is 25.6 Å². The van der Waals surface area contributed by atoms with Crippen molar-refractivity contribution in [2.75, 3.05) is 5.32 Å². The summed E-state index contributed by atoms with van der Waals surface area (Å²) in [6.45, 7) is 6.14. The van der Waals surface area contributed by atoms with Gasteiger partial charge in [-0.25, -0.2) is 0 Å². The van der Waals surface area contributed by atoms with Crippen LogP contribution in [0.2, 0.25) is 0 Å². The van der Waals surface area contributed by atoms with Crippen molar-refractivity contribution in [3.05, 3.63) is 22.0 Å². The number of rotatable bonds is 10. The molecule has 0 unspecified atom stereocenters. The van der Waals surface area contributed by atoms with Gasteiger partial charge >= 0.3 is 0 Å². The number of aryl methyl sites for hydroxylation is 3. The van der Waals surface area contributed by atoms with Gasteiger partial charge in [0.05, 0.1) is 12.1 Å². The van der Waals surface area contributed by atoms with Gasteiger partial charge < -0.3 is 5.32 Å². The van der Waals surface area contributed by atoms with E-state index in [2.05, 4.69) is 27.5 Å². The number of nitrogens with one attached hydrogen (secondary N) is 1. The first kappa shape index (κ1) is 19.6. The maximum Gasteiger partial charge on any atom is 0.230 e. The van der Waals surface area contributed by atoms with E-state index in [1.54, 1.807) is 0 Å². The van der Waals surface area contributed by atoms with Gasteiger partial charge in [0.1, 0.15) is 5.01 Å². The van der Waals surface area contributed by atoms with Crippen molar-refractivity contribution in [3.8, 4) is 0 Å². The molecule has 138 valence electrons. The number of nitrogens with zero attached hydrogens (tertiary/aromatic N) is 4. The number of aromatic nitrogens is 4. The number of amides is 1. The van der Waals surface area contributed by atoms with Crippen molar-refractivity contribution < 1.29 is 4.79 Å². The van der Waals surface area contributed by atoms with Crippen LogP contribution in [0.3, 0.4) is 0 Å². The van der Waals surface area contributed by atoms with Crippen molar-refractivity contribution >= 4 is 22.4 Å². The Balaban J connectivity index is 1.77. The van der Waals surface area contributed by atoms with Gasteiger partial charge in [-0.1, -0.05) is 50.4 Å². The lowest BCUT2D eigenvalue weighted by Crippen LogP contribution is -2.15. The molecule has 1 amide bonds.